The summed E-state index contributed by atoms with van der Waals surface area (Å²) in [5.41, 5.74) is 3.14. The van der Waals surface area contributed by atoms with Crippen molar-refractivity contribution in [3.63, 3.8) is 0 Å². The van der Waals surface area contributed by atoms with Crippen molar-refractivity contribution in [2.75, 3.05) is 10.7 Å². The minimum atomic E-state index is 0.0439. The Balaban J connectivity index is 1.80. The monoisotopic (exact) mass is 352 g/mol. The van der Waals surface area contributed by atoms with Gasteiger partial charge in [-0.1, -0.05) is 54.2 Å². The average Bonchev–Trinajstić information content (AvgIpc) is 3.03. The van der Waals surface area contributed by atoms with Gasteiger partial charge < -0.3 is 9.47 Å². The summed E-state index contributed by atoms with van der Waals surface area (Å²) in [6.07, 6.45) is 1.63. The quantitative estimate of drug-likeness (QED) is 0.638. The normalized spacial score (nSPS) is 10.6. The molecule has 0 aliphatic heterocycles. The molecule has 0 bridgehead atoms. The van der Waals surface area contributed by atoms with Gasteiger partial charge in [-0.05, 0) is 30.2 Å². The SMILES string of the molecule is Cc1cccc(N(Cc2ccccc2)C(=O)CSc2nncn2C)c1. The number of benzene rings is 2. The molecule has 128 valence electrons. The Bertz CT molecular complexity index is 847. The van der Waals surface area contributed by atoms with Gasteiger partial charge in [0.1, 0.15) is 6.33 Å². The lowest BCUT2D eigenvalue weighted by Crippen LogP contribution is -2.32. The van der Waals surface area contributed by atoms with Crippen LogP contribution in [0.4, 0.5) is 5.69 Å². The Morgan fingerprint density at radius 3 is 2.64 bits per heavy atom. The Labute approximate surface area is 151 Å². The molecule has 0 saturated heterocycles. The van der Waals surface area contributed by atoms with Crippen LogP contribution < -0.4 is 4.90 Å². The van der Waals surface area contributed by atoms with E-state index in [1.54, 1.807) is 6.33 Å². The molecule has 3 rings (SSSR count). The van der Waals surface area contributed by atoms with E-state index in [9.17, 15) is 4.79 Å². The number of carbonyl (C=O) groups is 1. The van der Waals surface area contributed by atoms with Crippen molar-refractivity contribution >= 4 is 23.4 Å². The molecule has 5 nitrogen and oxygen atoms in total. The summed E-state index contributed by atoms with van der Waals surface area (Å²) in [4.78, 5) is 14.7. The third-order valence-corrected chi connectivity index (χ3v) is 4.81. The fourth-order valence-corrected chi connectivity index (χ4v) is 3.26. The summed E-state index contributed by atoms with van der Waals surface area (Å²) in [7, 11) is 1.87. The second kappa shape index (κ2) is 7.98. The first-order valence-corrected chi connectivity index (χ1v) is 9.00. The molecule has 0 spiro atoms. The number of nitrogens with zero attached hydrogens (tertiary/aromatic N) is 4. The minimum Gasteiger partial charge on any atom is -0.312 e. The number of rotatable bonds is 6. The zero-order valence-corrected chi connectivity index (χ0v) is 15.1. The molecule has 0 aliphatic rings. The Morgan fingerprint density at radius 1 is 1.16 bits per heavy atom. The standard InChI is InChI=1S/C19H20N4OS/c1-15-7-6-10-17(11-15)23(12-16-8-4-3-5-9-16)18(24)13-25-19-21-20-14-22(19)2/h3-11,14H,12-13H2,1-2H3. The fourth-order valence-electron chi connectivity index (χ4n) is 2.49. The van der Waals surface area contributed by atoms with E-state index in [4.69, 9.17) is 0 Å². The molecule has 0 aliphatic carbocycles. The van der Waals surface area contributed by atoms with Crippen molar-refractivity contribution in [1.29, 1.82) is 0 Å². The van der Waals surface area contributed by atoms with Crippen molar-refractivity contribution in [2.24, 2.45) is 7.05 Å². The summed E-state index contributed by atoms with van der Waals surface area (Å²) in [5.74, 6) is 0.357. The van der Waals surface area contributed by atoms with Crippen LogP contribution in [0.2, 0.25) is 0 Å². The van der Waals surface area contributed by atoms with Crippen LogP contribution in [0.1, 0.15) is 11.1 Å². The van der Waals surface area contributed by atoms with Crippen molar-refractivity contribution in [2.45, 2.75) is 18.6 Å². The van der Waals surface area contributed by atoms with Crippen LogP contribution in [0, 0.1) is 6.92 Å². The molecular weight excluding hydrogens is 332 g/mol. The lowest BCUT2D eigenvalue weighted by Gasteiger charge is -2.23. The third kappa shape index (κ3) is 4.48. The van der Waals surface area contributed by atoms with Crippen LogP contribution in [0.15, 0.2) is 66.1 Å². The first kappa shape index (κ1) is 17.2. The maximum absolute atomic E-state index is 12.9. The topological polar surface area (TPSA) is 51.0 Å². The number of aryl methyl sites for hydroxylation is 2. The molecule has 0 atom stereocenters. The number of carbonyl (C=O) groups excluding carboxylic acids is 1. The van der Waals surface area contributed by atoms with E-state index in [1.807, 2.05) is 78.0 Å². The molecule has 0 N–H and O–H groups in total. The average molecular weight is 352 g/mol. The number of thioether (sulfide) groups is 1. The van der Waals surface area contributed by atoms with Crippen LogP contribution >= 0.6 is 11.8 Å². The second-order valence-corrected chi connectivity index (χ2v) is 6.76. The Morgan fingerprint density at radius 2 is 1.96 bits per heavy atom. The van der Waals surface area contributed by atoms with Crippen molar-refractivity contribution in [1.82, 2.24) is 14.8 Å². The Kier molecular flexibility index (Phi) is 5.50. The molecular formula is C19H20N4OS. The van der Waals surface area contributed by atoms with Crippen LogP contribution in [0.3, 0.4) is 0 Å². The van der Waals surface area contributed by atoms with Crippen molar-refractivity contribution < 1.29 is 4.79 Å². The fraction of sp³-hybridized carbons (Fsp3) is 0.211. The number of amides is 1. The van der Waals surface area contributed by atoms with E-state index in [1.165, 1.54) is 11.8 Å². The summed E-state index contributed by atoms with van der Waals surface area (Å²) >= 11 is 1.40. The van der Waals surface area contributed by atoms with Gasteiger partial charge in [0.05, 0.1) is 12.3 Å². The summed E-state index contributed by atoms with van der Waals surface area (Å²) < 4.78 is 1.81. The molecule has 25 heavy (non-hydrogen) atoms. The molecule has 0 radical (unpaired) electrons. The van der Waals surface area contributed by atoms with Gasteiger partial charge in [-0.3, -0.25) is 4.79 Å². The Hall–Kier alpha value is -2.60. The van der Waals surface area contributed by atoms with Gasteiger partial charge in [0.25, 0.3) is 0 Å². The molecule has 2 aromatic carbocycles. The van der Waals surface area contributed by atoms with Gasteiger partial charge in [-0.2, -0.15) is 0 Å². The van der Waals surface area contributed by atoms with E-state index < -0.39 is 0 Å². The predicted molar refractivity (Wildman–Crippen MR) is 101 cm³/mol. The summed E-state index contributed by atoms with van der Waals surface area (Å²) in [5, 5.41) is 8.61. The van der Waals surface area contributed by atoms with Crippen LogP contribution in [0.5, 0.6) is 0 Å². The second-order valence-electron chi connectivity index (χ2n) is 5.82. The molecule has 6 heteroatoms. The molecule has 1 amide bonds. The molecule has 1 aromatic heterocycles. The van der Waals surface area contributed by atoms with Crippen molar-refractivity contribution in [3.05, 3.63) is 72.1 Å². The van der Waals surface area contributed by atoms with Gasteiger partial charge in [-0.25, -0.2) is 0 Å². The van der Waals surface area contributed by atoms with Crippen molar-refractivity contribution in [3.8, 4) is 0 Å². The van der Waals surface area contributed by atoms with Gasteiger partial charge in [0, 0.05) is 12.7 Å². The lowest BCUT2D eigenvalue weighted by molar-refractivity contribution is -0.116. The number of hydrogen-bond acceptors (Lipinski definition) is 4. The van der Waals surface area contributed by atoms with Crippen LogP contribution in [-0.2, 0) is 18.4 Å². The van der Waals surface area contributed by atoms with Gasteiger partial charge in [0.2, 0.25) is 5.91 Å². The minimum absolute atomic E-state index is 0.0439. The highest BCUT2D eigenvalue weighted by atomic mass is 32.2. The van der Waals surface area contributed by atoms with Crippen LogP contribution in [0.25, 0.3) is 0 Å². The summed E-state index contributed by atoms with van der Waals surface area (Å²) in [6, 6.07) is 18.0. The lowest BCUT2D eigenvalue weighted by atomic mass is 10.1. The predicted octanol–water partition coefficient (Wildman–Crippen LogP) is 3.45. The van der Waals surface area contributed by atoms with E-state index in [2.05, 4.69) is 10.2 Å². The van der Waals surface area contributed by atoms with E-state index in [-0.39, 0.29) is 5.91 Å². The smallest absolute Gasteiger partial charge is 0.237 e. The third-order valence-electron chi connectivity index (χ3n) is 3.79. The van der Waals surface area contributed by atoms with Gasteiger partial charge >= 0.3 is 0 Å². The largest absolute Gasteiger partial charge is 0.312 e. The van der Waals surface area contributed by atoms with Gasteiger partial charge in [0.15, 0.2) is 5.16 Å². The van der Waals surface area contributed by atoms with E-state index in [0.29, 0.717) is 12.3 Å². The maximum Gasteiger partial charge on any atom is 0.237 e. The molecule has 3 aromatic rings. The molecule has 1 heterocycles. The summed E-state index contributed by atoms with van der Waals surface area (Å²) in [6.45, 7) is 2.57. The zero-order valence-electron chi connectivity index (χ0n) is 14.3. The van der Waals surface area contributed by atoms with E-state index >= 15 is 0 Å². The highest BCUT2D eigenvalue weighted by molar-refractivity contribution is 7.99. The highest BCUT2D eigenvalue weighted by Crippen LogP contribution is 2.22. The number of aromatic nitrogens is 3. The van der Waals surface area contributed by atoms with Gasteiger partial charge in [-0.15, -0.1) is 10.2 Å². The van der Waals surface area contributed by atoms with E-state index in [0.717, 1.165) is 22.0 Å². The van der Waals surface area contributed by atoms with Crippen LogP contribution in [-0.4, -0.2) is 26.4 Å². The molecule has 0 fully saturated rings. The zero-order chi connectivity index (χ0) is 17.6. The number of hydrogen-bond donors (Lipinski definition) is 0. The first-order valence-electron chi connectivity index (χ1n) is 8.01. The first-order chi connectivity index (χ1) is 12.1. The highest BCUT2D eigenvalue weighted by Gasteiger charge is 2.17. The molecule has 0 unspecified atom stereocenters. The number of anilines is 1. The maximum atomic E-state index is 12.9. The molecule has 0 saturated carbocycles.